The third kappa shape index (κ3) is 4.69. The predicted molar refractivity (Wildman–Crippen MR) is 77.1 cm³/mol. The quantitative estimate of drug-likeness (QED) is 0.271. The molecule has 0 aliphatic carbocycles. The second-order valence-corrected chi connectivity index (χ2v) is 4.48. The molecule has 0 fully saturated rings. The highest BCUT2D eigenvalue weighted by molar-refractivity contribution is 6.06. The maximum absolute atomic E-state index is 12.1. The molecule has 1 heterocycles. The highest BCUT2D eigenvalue weighted by Crippen LogP contribution is 2.03. The summed E-state index contributed by atoms with van der Waals surface area (Å²) in [4.78, 5) is 53.6. The second-order valence-electron chi connectivity index (χ2n) is 4.48. The summed E-state index contributed by atoms with van der Waals surface area (Å²) < 4.78 is 0. The first-order chi connectivity index (χ1) is 11.3. The van der Waals surface area contributed by atoms with Crippen molar-refractivity contribution in [3.63, 3.8) is 0 Å². The maximum Gasteiger partial charge on any atom is 0.273 e. The zero-order valence-electron chi connectivity index (χ0n) is 12.3. The number of aliphatic hydroxyl groups is 2. The molecule has 1 aromatic heterocycles. The lowest BCUT2D eigenvalue weighted by Gasteiger charge is -2.15. The minimum absolute atomic E-state index is 0.476. The summed E-state index contributed by atoms with van der Waals surface area (Å²) in [5.41, 5.74) is 9.01. The summed E-state index contributed by atoms with van der Waals surface area (Å²) in [7, 11) is 0. The van der Waals surface area contributed by atoms with Crippen molar-refractivity contribution in [3.05, 3.63) is 23.8 Å². The van der Waals surface area contributed by atoms with E-state index in [1.165, 1.54) is 0 Å². The molecule has 130 valence electrons. The lowest BCUT2D eigenvalue weighted by atomic mass is 10.2. The largest absolute Gasteiger partial charge is 0.394 e. The first-order valence-corrected chi connectivity index (χ1v) is 6.54. The summed E-state index contributed by atoms with van der Waals surface area (Å²) in [6.45, 7) is -1.51. The summed E-state index contributed by atoms with van der Waals surface area (Å²) in [5.74, 6) is -3.97. The van der Waals surface area contributed by atoms with Gasteiger partial charge in [-0.05, 0) is 0 Å². The molecule has 0 saturated heterocycles. The van der Waals surface area contributed by atoms with E-state index < -0.39 is 60.3 Å². The van der Waals surface area contributed by atoms with Gasteiger partial charge in [0.15, 0.2) is 11.4 Å². The maximum atomic E-state index is 12.1. The standard InChI is InChI=1S/C12H16N6O6/c13-9(21)5(3-19)17-11(23)7-8(16-2-1-15-7)12(24)18-6(4-20)10(14)22/h1-2,5-6,19-20H,3-4H2,(H2,13,21)(H2,14,22)(H,17,23)(H,18,24)/t5-,6-/m1/s1. The van der Waals surface area contributed by atoms with Crippen LogP contribution in [0.15, 0.2) is 12.4 Å². The van der Waals surface area contributed by atoms with Crippen LogP contribution in [0.2, 0.25) is 0 Å². The van der Waals surface area contributed by atoms with Crippen molar-refractivity contribution in [1.29, 1.82) is 0 Å². The lowest BCUT2D eigenvalue weighted by Crippen LogP contribution is -2.49. The molecule has 4 amide bonds. The third-order valence-corrected chi connectivity index (χ3v) is 2.79. The van der Waals surface area contributed by atoms with Gasteiger partial charge >= 0.3 is 0 Å². The van der Waals surface area contributed by atoms with Crippen LogP contribution >= 0.6 is 0 Å². The number of rotatable bonds is 8. The van der Waals surface area contributed by atoms with Crippen molar-refractivity contribution in [1.82, 2.24) is 20.6 Å². The molecule has 1 aromatic rings. The molecule has 0 saturated carbocycles. The molecule has 12 nitrogen and oxygen atoms in total. The number of hydrogen-bond donors (Lipinski definition) is 6. The van der Waals surface area contributed by atoms with E-state index in [1.807, 2.05) is 0 Å². The molecule has 2 atom stereocenters. The van der Waals surface area contributed by atoms with Crippen LogP contribution in [0.4, 0.5) is 0 Å². The average molecular weight is 340 g/mol. The topological polar surface area (TPSA) is 211 Å². The normalized spacial score (nSPS) is 12.8. The first-order valence-electron chi connectivity index (χ1n) is 6.54. The molecule has 0 radical (unpaired) electrons. The van der Waals surface area contributed by atoms with Gasteiger partial charge < -0.3 is 32.3 Å². The van der Waals surface area contributed by atoms with Crippen molar-refractivity contribution >= 4 is 23.6 Å². The van der Waals surface area contributed by atoms with Crippen LogP contribution in [-0.4, -0.2) is 69.1 Å². The fraction of sp³-hybridized carbons (Fsp3) is 0.333. The lowest BCUT2D eigenvalue weighted by molar-refractivity contribution is -0.121. The number of hydrogen-bond acceptors (Lipinski definition) is 8. The third-order valence-electron chi connectivity index (χ3n) is 2.79. The molecule has 12 heteroatoms. The number of primary amides is 2. The van der Waals surface area contributed by atoms with Crippen molar-refractivity contribution in [2.45, 2.75) is 12.1 Å². The monoisotopic (exact) mass is 340 g/mol. The van der Waals surface area contributed by atoms with E-state index >= 15 is 0 Å². The van der Waals surface area contributed by atoms with Gasteiger partial charge in [0.05, 0.1) is 13.2 Å². The smallest absolute Gasteiger partial charge is 0.273 e. The second kappa shape index (κ2) is 8.50. The Labute approximate surface area is 135 Å². The van der Waals surface area contributed by atoms with Gasteiger partial charge in [0, 0.05) is 12.4 Å². The van der Waals surface area contributed by atoms with Crippen LogP contribution in [0.25, 0.3) is 0 Å². The molecule has 8 N–H and O–H groups in total. The molecule has 0 unspecified atom stereocenters. The number of amides is 4. The van der Waals surface area contributed by atoms with Gasteiger partial charge in [-0.15, -0.1) is 0 Å². The Bertz CT molecular complexity index is 596. The molecular formula is C12H16N6O6. The van der Waals surface area contributed by atoms with Gasteiger partial charge in [0.25, 0.3) is 11.8 Å². The molecule has 0 bridgehead atoms. The molecule has 0 spiro atoms. The number of aliphatic hydroxyl groups excluding tert-OH is 2. The van der Waals surface area contributed by atoms with E-state index in [-0.39, 0.29) is 0 Å². The van der Waals surface area contributed by atoms with E-state index in [2.05, 4.69) is 20.6 Å². The Hall–Kier alpha value is -3.12. The summed E-state index contributed by atoms with van der Waals surface area (Å²) in [6, 6.07) is -2.77. The highest BCUT2D eigenvalue weighted by Gasteiger charge is 2.26. The van der Waals surface area contributed by atoms with Crippen molar-refractivity contribution in [2.75, 3.05) is 13.2 Å². The van der Waals surface area contributed by atoms with Gasteiger partial charge in [-0.2, -0.15) is 0 Å². The Morgan fingerprint density at radius 2 is 1.21 bits per heavy atom. The van der Waals surface area contributed by atoms with Crippen LogP contribution in [-0.2, 0) is 9.59 Å². The minimum atomic E-state index is -1.38. The van der Waals surface area contributed by atoms with Crippen LogP contribution in [0.5, 0.6) is 0 Å². The minimum Gasteiger partial charge on any atom is -0.394 e. The summed E-state index contributed by atoms with van der Waals surface area (Å²) in [5, 5.41) is 22.1. The molecule has 0 aliphatic rings. The van der Waals surface area contributed by atoms with E-state index in [1.54, 1.807) is 0 Å². The number of aromatic nitrogens is 2. The number of carbonyl (C=O) groups is 4. The van der Waals surface area contributed by atoms with Gasteiger partial charge in [-0.1, -0.05) is 0 Å². The fourth-order valence-corrected chi connectivity index (χ4v) is 1.54. The number of nitrogens with zero attached hydrogens (tertiary/aromatic N) is 2. The van der Waals surface area contributed by atoms with Crippen LogP contribution in [0, 0.1) is 0 Å². The highest BCUT2D eigenvalue weighted by atomic mass is 16.3. The van der Waals surface area contributed by atoms with Crippen LogP contribution in [0.3, 0.4) is 0 Å². The van der Waals surface area contributed by atoms with E-state index in [9.17, 15) is 19.2 Å². The van der Waals surface area contributed by atoms with E-state index in [4.69, 9.17) is 21.7 Å². The van der Waals surface area contributed by atoms with Crippen molar-refractivity contribution < 1.29 is 29.4 Å². The van der Waals surface area contributed by atoms with Gasteiger partial charge in [-0.25, -0.2) is 9.97 Å². The zero-order chi connectivity index (χ0) is 18.3. The Morgan fingerprint density at radius 3 is 1.46 bits per heavy atom. The predicted octanol–water partition coefficient (Wildman–Crippen LogP) is -4.37. The first kappa shape index (κ1) is 18.9. The van der Waals surface area contributed by atoms with Crippen molar-refractivity contribution in [3.8, 4) is 0 Å². The number of nitrogens with one attached hydrogen (secondary N) is 2. The molecular weight excluding hydrogens is 324 g/mol. The fourth-order valence-electron chi connectivity index (χ4n) is 1.54. The molecule has 0 aliphatic heterocycles. The van der Waals surface area contributed by atoms with Gasteiger partial charge in [0.1, 0.15) is 12.1 Å². The Balaban J connectivity index is 3.03. The molecule has 0 aromatic carbocycles. The number of nitrogens with two attached hydrogens (primary N) is 2. The Morgan fingerprint density at radius 1 is 0.875 bits per heavy atom. The zero-order valence-corrected chi connectivity index (χ0v) is 12.3. The summed E-state index contributed by atoms with van der Waals surface area (Å²) in [6.07, 6.45) is 2.23. The van der Waals surface area contributed by atoms with Gasteiger partial charge in [-0.3, -0.25) is 19.2 Å². The van der Waals surface area contributed by atoms with E-state index in [0.29, 0.717) is 0 Å². The number of carbonyl (C=O) groups excluding carboxylic acids is 4. The van der Waals surface area contributed by atoms with E-state index in [0.717, 1.165) is 12.4 Å². The van der Waals surface area contributed by atoms with Crippen molar-refractivity contribution in [2.24, 2.45) is 11.5 Å². The van der Waals surface area contributed by atoms with Crippen LogP contribution in [0.1, 0.15) is 21.0 Å². The SMILES string of the molecule is NC(=O)[C@@H](CO)NC(=O)c1nccnc1C(=O)N[C@H](CO)C(N)=O. The Kier molecular flexibility index (Phi) is 6.70. The molecule has 24 heavy (non-hydrogen) atoms. The molecule has 1 rings (SSSR count). The van der Waals surface area contributed by atoms with Crippen LogP contribution < -0.4 is 22.1 Å². The average Bonchev–Trinajstić information content (AvgIpc) is 2.56. The summed E-state index contributed by atoms with van der Waals surface area (Å²) >= 11 is 0. The van der Waals surface area contributed by atoms with Gasteiger partial charge in [0.2, 0.25) is 11.8 Å².